The van der Waals surface area contributed by atoms with Gasteiger partial charge in [-0.15, -0.1) is 0 Å². The first-order valence-corrected chi connectivity index (χ1v) is 10.4. The summed E-state index contributed by atoms with van der Waals surface area (Å²) in [6, 6.07) is 13.8. The highest BCUT2D eigenvalue weighted by Gasteiger charge is 2.31. The minimum absolute atomic E-state index is 0.0450. The number of rotatable bonds is 6. The quantitative estimate of drug-likeness (QED) is 0.664. The van der Waals surface area contributed by atoms with Crippen molar-refractivity contribution in [1.82, 2.24) is 9.88 Å². The Bertz CT molecular complexity index is 1130. The van der Waals surface area contributed by atoms with Crippen LogP contribution in [0.4, 0.5) is 11.4 Å². The lowest BCUT2D eigenvalue weighted by molar-refractivity contribution is -0.117. The van der Waals surface area contributed by atoms with E-state index in [9.17, 15) is 9.59 Å². The van der Waals surface area contributed by atoms with Gasteiger partial charge < -0.3 is 24.4 Å². The Kier molecular flexibility index (Phi) is 5.59. The number of benzene rings is 2. The summed E-state index contributed by atoms with van der Waals surface area (Å²) in [6.07, 6.45) is 1.29. The van der Waals surface area contributed by atoms with E-state index in [0.717, 1.165) is 28.6 Å². The Labute approximate surface area is 182 Å². The summed E-state index contributed by atoms with van der Waals surface area (Å²) in [7, 11) is 7.46. The Morgan fingerprint density at radius 2 is 1.90 bits per heavy atom. The van der Waals surface area contributed by atoms with Crippen molar-refractivity contribution in [2.75, 3.05) is 37.5 Å². The molecule has 2 aromatic carbocycles. The highest BCUT2D eigenvalue weighted by atomic mass is 16.5. The van der Waals surface area contributed by atoms with Crippen molar-refractivity contribution in [3.63, 3.8) is 0 Å². The average Bonchev–Trinajstić information content (AvgIpc) is 3.32. The van der Waals surface area contributed by atoms with Gasteiger partial charge in [-0.3, -0.25) is 9.59 Å². The molecule has 2 amide bonds. The molecule has 0 radical (unpaired) electrons. The zero-order chi connectivity index (χ0) is 22.1. The van der Waals surface area contributed by atoms with Gasteiger partial charge in [0.2, 0.25) is 5.91 Å². The number of hydrogen-bond acceptors (Lipinski definition) is 4. The average molecular weight is 421 g/mol. The number of aromatic nitrogens is 1. The molecule has 162 valence electrons. The maximum Gasteiger partial charge on any atom is 0.270 e. The molecule has 0 aliphatic carbocycles. The fraction of sp³-hybridized carbons (Fsp3) is 0.333. The molecule has 1 aliphatic heterocycles. The molecule has 3 aromatic rings. The molecule has 7 heteroatoms. The van der Waals surface area contributed by atoms with Crippen LogP contribution in [0.1, 0.15) is 28.9 Å². The summed E-state index contributed by atoms with van der Waals surface area (Å²) < 4.78 is 7.25. The first-order chi connectivity index (χ1) is 14.9. The van der Waals surface area contributed by atoms with Crippen LogP contribution in [0.25, 0.3) is 10.9 Å². The fourth-order valence-electron chi connectivity index (χ4n) is 4.13. The number of aryl methyl sites for hydroxylation is 1. The van der Waals surface area contributed by atoms with E-state index in [1.54, 1.807) is 12.0 Å². The van der Waals surface area contributed by atoms with Crippen LogP contribution in [-0.4, -0.2) is 44.1 Å². The molecule has 1 N–H and O–H groups in total. The van der Waals surface area contributed by atoms with E-state index in [2.05, 4.69) is 5.32 Å². The van der Waals surface area contributed by atoms with Crippen LogP contribution in [0.15, 0.2) is 42.5 Å². The Morgan fingerprint density at radius 1 is 1.16 bits per heavy atom. The van der Waals surface area contributed by atoms with Crippen molar-refractivity contribution in [3.05, 3.63) is 53.7 Å². The third kappa shape index (κ3) is 3.83. The lowest BCUT2D eigenvalue weighted by Crippen LogP contribution is -2.30. The second kappa shape index (κ2) is 8.34. The van der Waals surface area contributed by atoms with E-state index in [1.807, 2.05) is 73.1 Å². The number of anilines is 2. The molecule has 1 fully saturated rings. The van der Waals surface area contributed by atoms with Crippen molar-refractivity contribution in [3.8, 4) is 5.75 Å². The van der Waals surface area contributed by atoms with Gasteiger partial charge in [-0.05, 0) is 42.3 Å². The second-order valence-corrected chi connectivity index (χ2v) is 8.03. The first kappa shape index (κ1) is 20.8. The van der Waals surface area contributed by atoms with Gasteiger partial charge in [-0.2, -0.15) is 0 Å². The number of hydrogen-bond donors (Lipinski definition) is 1. The Hall–Kier alpha value is -3.48. The van der Waals surface area contributed by atoms with E-state index >= 15 is 0 Å². The van der Waals surface area contributed by atoms with Crippen LogP contribution in [0, 0.1) is 0 Å². The first-order valence-electron chi connectivity index (χ1n) is 10.4. The predicted octanol–water partition coefficient (Wildman–Crippen LogP) is 3.31. The SMILES string of the molecule is COc1ccc2c(c1)c(N1CCCC1=O)c(C(=O)NCc1ccc(N(C)C)cc1)n2C. The summed E-state index contributed by atoms with van der Waals surface area (Å²) in [6.45, 7) is 1.02. The van der Waals surface area contributed by atoms with Gasteiger partial charge in [0.05, 0.1) is 18.3 Å². The number of methoxy groups -OCH3 is 1. The molecule has 0 saturated carbocycles. The molecule has 1 saturated heterocycles. The number of nitrogens with zero attached hydrogens (tertiary/aromatic N) is 3. The van der Waals surface area contributed by atoms with Crippen LogP contribution < -0.4 is 19.9 Å². The van der Waals surface area contributed by atoms with Crippen LogP contribution >= 0.6 is 0 Å². The lowest BCUT2D eigenvalue weighted by atomic mass is 10.1. The molecule has 1 aliphatic rings. The van der Waals surface area contributed by atoms with Gasteiger partial charge in [0.25, 0.3) is 5.91 Å². The summed E-state index contributed by atoms with van der Waals surface area (Å²) in [4.78, 5) is 29.7. The maximum atomic E-state index is 13.3. The highest BCUT2D eigenvalue weighted by molar-refractivity contribution is 6.14. The van der Waals surface area contributed by atoms with Gasteiger partial charge in [0.15, 0.2) is 0 Å². The third-order valence-electron chi connectivity index (χ3n) is 5.84. The number of ether oxygens (including phenoxy) is 1. The third-order valence-corrected chi connectivity index (χ3v) is 5.84. The zero-order valence-electron chi connectivity index (χ0n) is 18.4. The highest BCUT2D eigenvalue weighted by Crippen LogP contribution is 2.37. The van der Waals surface area contributed by atoms with Gasteiger partial charge in [-0.1, -0.05) is 12.1 Å². The summed E-state index contributed by atoms with van der Waals surface area (Å²) in [5, 5.41) is 3.88. The van der Waals surface area contributed by atoms with E-state index in [0.29, 0.717) is 36.6 Å². The minimum Gasteiger partial charge on any atom is -0.497 e. The maximum absolute atomic E-state index is 13.3. The van der Waals surface area contributed by atoms with Crippen molar-refractivity contribution in [2.45, 2.75) is 19.4 Å². The molecular weight excluding hydrogens is 392 g/mol. The molecule has 0 unspecified atom stereocenters. The van der Waals surface area contributed by atoms with Crippen molar-refractivity contribution in [1.29, 1.82) is 0 Å². The topological polar surface area (TPSA) is 66.8 Å². The summed E-state index contributed by atoms with van der Waals surface area (Å²) >= 11 is 0. The number of fused-ring (bicyclic) bond motifs is 1. The molecule has 7 nitrogen and oxygen atoms in total. The van der Waals surface area contributed by atoms with Gasteiger partial charge in [0.1, 0.15) is 11.4 Å². The van der Waals surface area contributed by atoms with Gasteiger partial charge >= 0.3 is 0 Å². The fourth-order valence-corrected chi connectivity index (χ4v) is 4.13. The van der Waals surface area contributed by atoms with E-state index in [-0.39, 0.29) is 11.8 Å². The van der Waals surface area contributed by atoms with Crippen molar-refractivity contribution >= 4 is 34.1 Å². The predicted molar refractivity (Wildman–Crippen MR) is 123 cm³/mol. The lowest BCUT2D eigenvalue weighted by Gasteiger charge is -2.18. The van der Waals surface area contributed by atoms with Crippen LogP contribution in [0.5, 0.6) is 5.75 Å². The zero-order valence-corrected chi connectivity index (χ0v) is 18.4. The van der Waals surface area contributed by atoms with E-state index < -0.39 is 0 Å². The standard InChI is InChI=1S/C24H28N4O3/c1-26(2)17-9-7-16(8-10-17)15-25-24(30)23-22(28-13-5-6-21(28)29)19-14-18(31-4)11-12-20(19)27(23)3/h7-12,14H,5-6,13,15H2,1-4H3,(H,25,30). The van der Waals surface area contributed by atoms with Crippen LogP contribution in [0.2, 0.25) is 0 Å². The van der Waals surface area contributed by atoms with Crippen molar-refractivity contribution < 1.29 is 14.3 Å². The van der Waals surface area contributed by atoms with Gasteiger partial charge in [-0.25, -0.2) is 0 Å². The molecule has 1 aromatic heterocycles. The van der Waals surface area contributed by atoms with E-state index in [1.165, 1.54) is 0 Å². The largest absolute Gasteiger partial charge is 0.497 e. The van der Waals surface area contributed by atoms with E-state index in [4.69, 9.17) is 4.74 Å². The normalized spacial score (nSPS) is 13.7. The number of amides is 2. The smallest absolute Gasteiger partial charge is 0.270 e. The molecular formula is C24H28N4O3. The number of carbonyl (C=O) groups is 2. The molecule has 4 rings (SSSR count). The summed E-state index contributed by atoms with van der Waals surface area (Å²) in [5.41, 5.74) is 4.16. The molecule has 0 spiro atoms. The van der Waals surface area contributed by atoms with Crippen molar-refractivity contribution in [2.24, 2.45) is 7.05 Å². The molecule has 31 heavy (non-hydrogen) atoms. The molecule has 0 bridgehead atoms. The van der Waals surface area contributed by atoms with Crippen LogP contribution in [0.3, 0.4) is 0 Å². The summed E-state index contributed by atoms with van der Waals surface area (Å²) in [5.74, 6) is 0.534. The Morgan fingerprint density at radius 3 is 2.52 bits per heavy atom. The number of nitrogens with one attached hydrogen (secondary N) is 1. The monoisotopic (exact) mass is 420 g/mol. The second-order valence-electron chi connectivity index (χ2n) is 8.03. The minimum atomic E-state index is -0.205. The van der Waals surface area contributed by atoms with Crippen LogP contribution in [-0.2, 0) is 18.4 Å². The molecule has 2 heterocycles. The van der Waals surface area contributed by atoms with Gasteiger partial charge in [0, 0.05) is 51.7 Å². The number of carbonyl (C=O) groups excluding carboxylic acids is 2. The molecule has 0 atom stereocenters. The Balaban J connectivity index is 1.69.